The molecule has 0 bridgehead atoms. The third kappa shape index (κ3) is 3.59. The topological polar surface area (TPSA) is 180 Å². The number of hydrogen-bond donors (Lipinski definition) is 6. The smallest absolute Gasteiger partial charge is 0.270 e. The first-order valence-electron chi connectivity index (χ1n) is 6.74. The van der Waals surface area contributed by atoms with Gasteiger partial charge in [-0.25, -0.2) is 4.98 Å². The lowest BCUT2D eigenvalue weighted by atomic mass is 9.97. The predicted molar refractivity (Wildman–Crippen MR) is 73.1 cm³/mol. The first-order chi connectivity index (χ1) is 10.8. The van der Waals surface area contributed by atoms with Crippen LogP contribution in [-0.2, 0) is 9.53 Å². The first kappa shape index (κ1) is 17.1. The van der Waals surface area contributed by atoms with Crippen molar-refractivity contribution in [3.8, 4) is 5.88 Å². The highest BCUT2D eigenvalue weighted by atomic mass is 16.7. The number of nitrogens with one attached hydrogen (secondary N) is 2. The normalized spacial score (nSPS) is 30.7. The van der Waals surface area contributed by atoms with Crippen LogP contribution in [0.5, 0.6) is 5.88 Å². The fourth-order valence-electron chi connectivity index (χ4n) is 2.23. The number of rotatable bonds is 5. The van der Waals surface area contributed by atoms with E-state index in [2.05, 4.69) is 15.3 Å². The number of nitrogens with zero attached hydrogens (tertiary/aromatic N) is 1. The molecule has 1 aromatic rings. The van der Waals surface area contributed by atoms with Crippen LogP contribution in [0.3, 0.4) is 0 Å². The van der Waals surface area contributed by atoms with Crippen LogP contribution >= 0.6 is 0 Å². The highest BCUT2D eigenvalue weighted by Crippen LogP contribution is 2.24. The Hall–Kier alpha value is -2.21. The number of primary amides is 1. The summed E-state index contributed by atoms with van der Waals surface area (Å²) < 4.78 is 10.7. The maximum absolute atomic E-state index is 11.3. The molecule has 5 atom stereocenters. The molecule has 0 radical (unpaired) electrons. The van der Waals surface area contributed by atoms with Gasteiger partial charge in [-0.05, 0) is 0 Å². The van der Waals surface area contributed by atoms with Crippen molar-refractivity contribution in [1.82, 2.24) is 15.3 Å². The molecule has 2 amide bonds. The fourth-order valence-corrected chi connectivity index (χ4v) is 2.23. The number of hydrogen-bond acceptors (Lipinski definition) is 8. The highest BCUT2D eigenvalue weighted by Gasteiger charge is 2.46. The Morgan fingerprint density at radius 1 is 1.48 bits per heavy atom. The molecule has 1 aliphatic heterocycles. The van der Waals surface area contributed by atoms with E-state index in [1.807, 2.05) is 0 Å². The van der Waals surface area contributed by atoms with E-state index in [9.17, 15) is 24.9 Å². The van der Waals surface area contributed by atoms with Gasteiger partial charge in [0.2, 0.25) is 18.1 Å². The van der Waals surface area contributed by atoms with Crippen molar-refractivity contribution in [2.75, 3.05) is 6.61 Å². The minimum absolute atomic E-state index is 0.128. The van der Waals surface area contributed by atoms with E-state index >= 15 is 0 Å². The molecule has 0 aromatic carbocycles. The van der Waals surface area contributed by atoms with Gasteiger partial charge in [-0.3, -0.25) is 9.59 Å². The molecule has 128 valence electrons. The van der Waals surface area contributed by atoms with Crippen LogP contribution in [0.15, 0.2) is 6.33 Å². The fraction of sp³-hybridized carbons (Fsp3) is 0.583. The Kier molecular flexibility index (Phi) is 5.15. The molecule has 1 aliphatic rings. The molecule has 7 N–H and O–H groups in total. The molecular weight excluding hydrogens is 312 g/mol. The molecule has 0 aliphatic carbocycles. The van der Waals surface area contributed by atoms with Gasteiger partial charge in [-0.15, -0.1) is 0 Å². The van der Waals surface area contributed by atoms with Crippen LogP contribution in [0.25, 0.3) is 0 Å². The van der Waals surface area contributed by atoms with Crippen molar-refractivity contribution >= 4 is 11.8 Å². The van der Waals surface area contributed by atoms with Gasteiger partial charge in [0, 0.05) is 6.92 Å². The summed E-state index contributed by atoms with van der Waals surface area (Å²) in [5.41, 5.74) is 5.02. The largest absolute Gasteiger partial charge is 0.444 e. The maximum atomic E-state index is 11.3. The quantitative estimate of drug-likeness (QED) is 0.327. The minimum atomic E-state index is -1.47. The Morgan fingerprint density at radius 2 is 2.17 bits per heavy atom. The summed E-state index contributed by atoms with van der Waals surface area (Å²) in [6.07, 6.45) is -4.19. The van der Waals surface area contributed by atoms with Crippen LogP contribution in [-0.4, -0.2) is 74.4 Å². The van der Waals surface area contributed by atoms with Crippen molar-refractivity contribution in [2.24, 2.45) is 5.73 Å². The molecular formula is C12H18N4O7. The summed E-state index contributed by atoms with van der Waals surface area (Å²) >= 11 is 0. The van der Waals surface area contributed by atoms with Crippen molar-refractivity contribution in [3.63, 3.8) is 0 Å². The maximum Gasteiger partial charge on any atom is 0.270 e. The van der Waals surface area contributed by atoms with Gasteiger partial charge in [-0.1, -0.05) is 0 Å². The number of aromatic nitrogens is 2. The van der Waals surface area contributed by atoms with Gasteiger partial charge in [0.05, 0.1) is 12.9 Å². The van der Waals surface area contributed by atoms with E-state index in [0.29, 0.717) is 0 Å². The number of aromatic amines is 1. The minimum Gasteiger partial charge on any atom is -0.444 e. The molecule has 2 heterocycles. The van der Waals surface area contributed by atoms with Crippen molar-refractivity contribution in [1.29, 1.82) is 0 Å². The van der Waals surface area contributed by atoms with Crippen LogP contribution in [0, 0.1) is 0 Å². The molecule has 11 nitrogen and oxygen atoms in total. The molecule has 0 saturated carbocycles. The second-order valence-electron chi connectivity index (χ2n) is 5.00. The molecule has 0 spiro atoms. The summed E-state index contributed by atoms with van der Waals surface area (Å²) in [7, 11) is 0. The average molecular weight is 330 g/mol. The number of carbonyl (C=O) groups excluding carboxylic acids is 2. The van der Waals surface area contributed by atoms with Crippen molar-refractivity contribution in [2.45, 2.75) is 37.6 Å². The molecule has 23 heavy (non-hydrogen) atoms. The Bertz CT molecular complexity index is 578. The zero-order valence-corrected chi connectivity index (χ0v) is 12.2. The Labute approximate surface area is 130 Å². The number of aliphatic hydroxyl groups is 3. The summed E-state index contributed by atoms with van der Waals surface area (Å²) in [4.78, 5) is 28.8. The monoisotopic (exact) mass is 330 g/mol. The third-order valence-electron chi connectivity index (χ3n) is 3.33. The standard InChI is InChI=1S/C12H18N4O7/c1-4(18)16-6-9(20)8(19)5(2-17)22-12(6)23-11-7(10(13)21)14-3-15-11/h3,5-6,8-9,12,17,19-20H,2H2,1H3,(H2,13,21)(H,14,15)(H,16,18)/t5-,6+,8-,9-,12+/m1/s1. The number of amides is 2. The van der Waals surface area contributed by atoms with Gasteiger partial charge < -0.3 is 40.8 Å². The van der Waals surface area contributed by atoms with Crippen molar-refractivity contribution in [3.05, 3.63) is 12.0 Å². The van der Waals surface area contributed by atoms with E-state index in [-0.39, 0.29) is 11.6 Å². The Balaban J connectivity index is 2.25. The zero-order valence-electron chi connectivity index (χ0n) is 12.2. The molecule has 11 heteroatoms. The third-order valence-corrected chi connectivity index (χ3v) is 3.33. The predicted octanol–water partition coefficient (Wildman–Crippen LogP) is -3.17. The molecule has 2 rings (SSSR count). The second-order valence-corrected chi connectivity index (χ2v) is 5.00. The average Bonchev–Trinajstić information content (AvgIpc) is 2.94. The van der Waals surface area contributed by atoms with E-state index in [0.717, 1.165) is 0 Å². The van der Waals surface area contributed by atoms with E-state index in [4.69, 9.17) is 15.2 Å². The van der Waals surface area contributed by atoms with Crippen LogP contribution in [0.2, 0.25) is 0 Å². The van der Waals surface area contributed by atoms with Gasteiger partial charge in [0.15, 0.2) is 5.69 Å². The molecule has 1 fully saturated rings. The Morgan fingerprint density at radius 3 is 2.74 bits per heavy atom. The summed E-state index contributed by atoms with van der Waals surface area (Å²) in [6.45, 7) is 0.617. The number of imidazole rings is 1. The number of nitrogens with two attached hydrogens (primary N) is 1. The SMILES string of the molecule is CC(=O)N[C@@H]1[C@H](Oc2nc[nH]c2C(N)=O)O[C@H](CO)[C@@H](O)[C@@H]1O. The summed E-state index contributed by atoms with van der Waals surface area (Å²) in [5.74, 6) is -1.53. The number of H-pyrrole nitrogens is 1. The lowest BCUT2D eigenvalue weighted by Gasteiger charge is -2.41. The molecule has 1 saturated heterocycles. The van der Waals surface area contributed by atoms with Gasteiger partial charge >= 0.3 is 0 Å². The second kappa shape index (κ2) is 6.91. The van der Waals surface area contributed by atoms with Gasteiger partial charge in [0.1, 0.15) is 24.4 Å². The number of carbonyl (C=O) groups is 2. The highest BCUT2D eigenvalue weighted by molar-refractivity contribution is 5.93. The van der Waals surface area contributed by atoms with E-state index in [1.54, 1.807) is 0 Å². The molecule has 1 aromatic heterocycles. The lowest BCUT2D eigenvalue weighted by molar-refractivity contribution is -0.245. The first-order valence-corrected chi connectivity index (χ1v) is 6.74. The zero-order chi connectivity index (χ0) is 17.1. The lowest BCUT2D eigenvalue weighted by Crippen LogP contribution is -2.65. The van der Waals surface area contributed by atoms with Crippen LogP contribution < -0.4 is 15.8 Å². The van der Waals surface area contributed by atoms with E-state index in [1.165, 1.54) is 13.3 Å². The number of aliphatic hydroxyl groups excluding tert-OH is 3. The summed E-state index contributed by atoms with van der Waals surface area (Å²) in [6, 6.07) is -1.15. The summed E-state index contributed by atoms with van der Waals surface area (Å²) in [5, 5.41) is 31.6. The van der Waals surface area contributed by atoms with Gasteiger partial charge in [0.25, 0.3) is 5.91 Å². The van der Waals surface area contributed by atoms with Gasteiger partial charge in [-0.2, -0.15) is 0 Å². The van der Waals surface area contributed by atoms with Crippen molar-refractivity contribution < 1.29 is 34.4 Å². The molecule has 0 unspecified atom stereocenters. The van der Waals surface area contributed by atoms with Crippen LogP contribution in [0.4, 0.5) is 0 Å². The number of ether oxygens (including phenoxy) is 2. The van der Waals surface area contributed by atoms with E-state index < -0.39 is 49.1 Å². The van der Waals surface area contributed by atoms with Crippen LogP contribution in [0.1, 0.15) is 17.4 Å².